The van der Waals surface area contributed by atoms with Crippen LogP contribution in [0.15, 0.2) is 24.3 Å². The van der Waals surface area contributed by atoms with E-state index in [0.717, 1.165) is 19.3 Å². The molecule has 7 nitrogen and oxygen atoms in total. The summed E-state index contributed by atoms with van der Waals surface area (Å²) < 4.78 is 5.70. The van der Waals surface area contributed by atoms with Crippen LogP contribution in [-0.4, -0.2) is 48.1 Å². The maximum atomic E-state index is 12.4. The van der Waals surface area contributed by atoms with Crippen molar-refractivity contribution in [2.24, 2.45) is 5.73 Å². The van der Waals surface area contributed by atoms with Gasteiger partial charge in [-0.05, 0) is 31.9 Å². The number of hydrogen-bond donors (Lipinski definition) is 1. The number of carbonyl (C=O) groups excluding carboxylic acids is 1. The molecule has 8 heteroatoms. The monoisotopic (exact) mass is 343 g/mol. The first-order chi connectivity index (χ1) is 10.6. The van der Waals surface area contributed by atoms with Crippen LogP contribution >= 0.6 is 12.4 Å². The summed E-state index contributed by atoms with van der Waals surface area (Å²) >= 11 is 0. The highest BCUT2D eigenvalue weighted by Crippen LogP contribution is 2.19. The van der Waals surface area contributed by atoms with Crippen molar-refractivity contribution in [2.45, 2.75) is 25.4 Å². The van der Waals surface area contributed by atoms with Crippen molar-refractivity contribution in [3.05, 3.63) is 39.9 Å². The topological polar surface area (TPSA) is 98.7 Å². The summed E-state index contributed by atoms with van der Waals surface area (Å²) in [5, 5.41) is 10.8. The standard InChI is InChI=1S/C15H21N3O4.ClH/c16-7-2-10-22-14-5-8-17(9-6-14)15(19)12-3-1-4-13(11-12)18(20)21;/h1,3-4,11,14H,2,5-10,16H2;1H. The SMILES string of the molecule is Cl.NCCCOC1CCN(C(=O)c2cccc([N+](=O)[O-])c2)CC1. The molecule has 2 rings (SSSR count). The zero-order valence-corrected chi connectivity index (χ0v) is 13.7. The van der Waals surface area contributed by atoms with E-state index in [4.69, 9.17) is 10.5 Å². The Balaban J connectivity index is 0.00000264. The molecular weight excluding hydrogens is 322 g/mol. The maximum absolute atomic E-state index is 12.4. The average Bonchev–Trinajstić information content (AvgIpc) is 2.55. The van der Waals surface area contributed by atoms with Crippen molar-refractivity contribution < 1.29 is 14.5 Å². The molecule has 1 saturated heterocycles. The van der Waals surface area contributed by atoms with Crippen molar-refractivity contribution in [1.29, 1.82) is 0 Å². The number of ether oxygens (including phenoxy) is 1. The first kappa shape index (κ1) is 19.3. The average molecular weight is 344 g/mol. The predicted molar refractivity (Wildman–Crippen MR) is 88.9 cm³/mol. The van der Waals surface area contributed by atoms with Gasteiger partial charge in [0.15, 0.2) is 0 Å². The molecule has 2 N–H and O–H groups in total. The van der Waals surface area contributed by atoms with Gasteiger partial charge in [0.2, 0.25) is 0 Å². The smallest absolute Gasteiger partial charge is 0.270 e. The highest BCUT2D eigenvalue weighted by atomic mass is 35.5. The molecule has 0 bridgehead atoms. The maximum Gasteiger partial charge on any atom is 0.270 e. The third-order valence-corrected chi connectivity index (χ3v) is 3.74. The summed E-state index contributed by atoms with van der Waals surface area (Å²) in [5.41, 5.74) is 5.72. The lowest BCUT2D eigenvalue weighted by atomic mass is 10.1. The van der Waals surface area contributed by atoms with E-state index < -0.39 is 4.92 Å². The summed E-state index contributed by atoms with van der Waals surface area (Å²) in [4.78, 5) is 24.4. The van der Waals surface area contributed by atoms with Gasteiger partial charge in [-0.15, -0.1) is 12.4 Å². The third-order valence-electron chi connectivity index (χ3n) is 3.74. The largest absolute Gasteiger partial charge is 0.378 e. The fourth-order valence-corrected chi connectivity index (χ4v) is 2.49. The fraction of sp³-hybridized carbons (Fsp3) is 0.533. The van der Waals surface area contributed by atoms with Gasteiger partial charge in [-0.3, -0.25) is 14.9 Å². The Morgan fingerprint density at radius 2 is 2.09 bits per heavy atom. The Labute approximate surface area is 141 Å². The van der Waals surface area contributed by atoms with Crippen LogP contribution in [0.3, 0.4) is 0 Å². The number of likely N-dealkylation sites (tertiary alicyclic amines) is 1. The second kappa shape index (κ2) is 9.44. The summed E-state index contributed by atoms with van der Waals surface area (Å²) in [6.07, 6.45) is 2.57. The number of non-ortho nitro benzene ring substituents is 1. The molecule has 1 amide bonds. The Morgan fingerprint density at radius 1 is 1.39 bits per heavy atom. The molecule has 1 aromatic rings. The number of piperidine rings is 1. The lowest BCUT2D eigenvalue weighted by molar-refractivity contribution is -0.384. The minimum absolute atomic E-state index is 0. The van der Waals surface area contributed by atoms with Crippen LogP contribution in [0.2, 0.25) is 0 Å². The van der Waals surface area contributed by atoms with E-state index in [9.17, 15) is 14.9 Å². The zero-order chi connectivity index (χ0) is 15.9. The van der Waals surface area contributed by atoms with E-state index in [-0.39, 0.29) is 30.1 Å². The Morgan fingerprint density at radius 3 is 2.70 bits per heavy atom. The number of carbonyl (C=O) groups is 1. The minimum Gasteiger partial charge on any atom is -0.378 e. The van der Waals surface area contributed by atoms with Crippen LogP contribution in [0.5, 0.6) is 0 Å². The number of benzene rings is 1. The lowest BCUT2D eigenvalue weighted by Gasteiger charge is -2.32. The molecule has 0 aliphatic carbocycles. The van der Waals surface area contributed by atoms with Crippen molar-refractivity contribution >= 4 is 24.0 Å². The van der Waals surface area contributed by atoms with Gasteiger partial charge in [0, 0.05) is 37.4 Å². The number of nitro benzene ring substituents is 1. The Hall–Kier alpha value is -1.70. The van der Waals surface area contributed by atoms with Gasteiger partial charge in [-0.1, -0.05) is 6.07 Å². The summed E-state index contributed by atoms with van der Waals surface area (Å²) in [6, 6.07) is 5.85. The van der Waals surface area contributed by atoms with Crippen LogP contribution in [0, 0.1) is 10.1 Å². The molecule has 0 atom stereocenters. The lowest BCUT2D eigenvalue weighted by Crippen LogP contribution is -2.41. The fourth-order valence-electron chi connectivity index (χ4n) is 2.49. The van der Waals surface area contributed by atoms with E-state index in [2.05, 4.69) is 0 Å². The molecule has 0 radical (unpaired) electrons. The van der Waals surface area contributed by atoms with Crippen molar-refractivity contribution in [1.82, 2.24) is 4.90 Å². The Bertz CT molecular complexity index is 533. The molecule has 1 fully saturated rings. The molecule has 23 heavy (non-hydrogen) atoms. The van der Waals surface area contributed by atoms with Gasteiger partial charge in [0.1, 0.15) is 0 Å². The van der Waals surface area contributed by atoms with Gasteiger partial charge >= 0.3 is 0 Å². The zero-order valence-electron chi connectivity index (χ0n) is 12.8. The number of amides is 1. The molecule has 1 aliphatic rings. The highest BCUT2D eigenvalue weighted by Gasteiger charge is 2.24. The van der Waals surface area contributed by atoms with Crippen molar-refractivity contribution in [3.63, 3.8) is 0 Å². The molecule has 1 aliphatic heterocycles. The highest BCUT2D eigenvalue weighted by molar-refractivity contribution is 5.94. The first-order valence-electron chi connectivity index (χ1n) is 7.47. The van der Waals surface area contributed by atoms with E-state index in [1.54, 1.807) is 11.0 Å². The number of hydrogen-bond acceptors (Lipinski definition) is 5. The normalized spacial score (nSPS) is 15.1. The van der Waals surface area contributed by atoms with E-state index in [1.165, 1.54) is 18.2 Å². The van der Waals surface area contributed by atoms with Crippen molar-refractivity contribution in [3.8, 4) is 0 Å². The van der Waals surface area contributed by atoms with Gasteiger partial charge in [0.05, 0.1) is 11.0 Å². The number of nitrogens with zero attached hydrogens (tertiary/aromatic N) is 2. The number of nitro groups is 1. The van der Waals surface area contributed by atoms with E-state index in [0.29, 0.717) is 31.8 Å². The van der Waals surface area contributed by atoms with Crippen LogP contribution in [-0.2, 0) is 4.74 Å². The van der Waals surface area contributed by atoms with E-state index in [1.807, 2.05) is 0 Å². The summed E-state index contributed by atoms with van der Waals surface area (Å²) in [7, 11) is 0. The van der Waals surface area contributed by atoms with Gasteiger partial charge in [-0.2, -0.15) is 0 Å². The predicted octanol–water partition coefficient (Wildman–Crippen LogP) is 1.99. The minimum atomic E-state index is -0.492. The molecule has 1 aromatic carbocycles. The molecule has 0 spiro atoms. The quantitative estimate of drug-likeness (QED) is 0.483. The molecule has 0 saturated carbocycles. The second-order valence-electron chi connectivity index (χ2n) is 5.31. The summed E-state index contributed by atoms with van der Waals surface area (Å²) in [6.45, 7) is 2.48. The van der Waals surface area contributed by atoms with Gasteiger partial charge in [-0.25, -0.2) is 0 Å². The third kappa shape index (κ3) is 5.46. The molecule has 0 aromatic heterocycles. The molecular formula is C15H22ClN3O4. The first-order valence-corrected chi connectivity index (χ1v) is 7.47. The molecule has 1 heterocycles. The van der Waals surface area contributed by atoms with Crippen molar-refractivity contribution in [2.75, 3.05) is 26.2 Å². The number of nitrogens with two attached hydrogens (primary N) is 1. The Kier molecular flexibility index (Phi) is 7.94. The van der Waals surface area contributed by atoms with Crippen LogP contribution in [0.1, 0.15) is 29.6 Å². The molecule has 0 unspecified atom stereocenters. The number of rotatable bonds is 6. The van der Waals surface area contributed by atoms with Crippen LogP contribution in [0.25, 0.3) is 0 Å². The number of halogens is 1. The second-order valence-corrected chi connectivity index (χ2v) is 5.31. The summed E-state index contributed by atoms with van der Waals surface area (Å²) in [5.74, 6) is -0.163. The van der Waals surface area contributed by atoms with Gasteiger partial charge < -0.3 is 15.4 Å². The van der Waals surface area contributed by atoms with Crippen LogP contribution in [0.4, 0.5) is 5.69 Å². The van der Waals surface area contributed by atoms with Crippen LogP contribution < -0.4 is 5.73 Å². The van der Waals surface area contributed by atoms with Gasteiger partial charge in [0.25, 0.3) is 11.6 Å². The van der Waals surface area contributed by atoms with E-state index >= 15 is 0 Å². The molecule has 128 valence electrons.